The Morgan fingerprint density at radius 1 is 1.27 bits per heavy atom. The number of nitrogens with two attached hydrogens (primary N) is 1. The van der Waals surface area contributed by atoms with E-state index in [1.807, 2.05) is 0 Å². The van der Waals surface area contributed by atoms with Crippen LogP contribution in [0.4, 0.5) is 15.3 Å². The van der Waals surface area contributed by atoms with E-state index >= 15 is 0 Å². The largest absolute Gasteiger partial charge is 0.351 e. The van der Waals surface area contributed by atoms with Gasteiger partial charge in [-0.2, -0.15) is 0 Å². The van der Waals surface area contributed by atoms with Crippen molar-refractivity contribution in [2.24, 2.45) is 5.73 Å². The summed E-state index contributed by atoms with van der Waals surface area (Å²) in [6.45, 7) is 0.440. The quantitative estimate of drug-likeness (QED) is 0.642. The Morgan fingerprint density at radius 3 is 2.83 bits per heavy atom. The highest BCUT2D eigenvalue weighted by molar-refractivity contribution is 8.00. The Morgan fingerprint density at radius 2 is 2.07 bits per heavy atom. The second-order valence-corrected chi connectivity index (χ2v) is 8.39. The van der Waals surface area contributed by atoms with Gasteiger partial charge in [0, 0.05) is 42.7 Å². The first kappa shape index (κ1) is 20.2. The molecule has 1 fully saturated rings. The van der Waals surface area contributed by atoms with Gasteiger partial charge < -0.3 is 16.0 Å². The van der Waals surface area contributed by atoms with E-state index in [4.69, 9.17) is 17.3 Å². The number of anilines is 1. The number of benzene rings is 1. The molecule has 1 aliphatic rings. The standard InChI is InChI=1S/C20H18ClN5O3S/c21-13-7-12(9-23-10-13)8-17(27)18-25(5-6-30-18)20(29)24-15-11-26(19(22)28)16-4-2-1-3-14(15)16/h1-4,7,9-11,18H,5-6,8H2,(H2,22,28)(H,24,29)/t18-/m0/s1. The third kappa shape index (κ3) is 3.99. The summed E-state index contributed by atoms with van der Waals surface area (Å²) < 4.78 is 1.28. The number of rotatable bonds is 4. The van der Waals surface area contributed by atoms with E-state index in [9.17, 15) is 14.4 Å². The van der Waals surface area contributed by atoms with Crippen molar-refractivity contribution in [1.82, 2.24) is 14.5 Å². The van der Waals surface area contributed by atoms with Gasteiger partial charge in [0.2, 0.25) is 0 Å². The molecule has 1 saturated heterocycles. The van der Waals surface area contributed by atoms with Crippen LogP contribution < -0.4 is 11.1 Å². The summed E-state index contributed by atoms with van der Waals surface area (Å²) in [7, 11) is 0. The molecule has 3 aromatic rings. The molecule has 8 nitrogen and oxygen atoms in total. The molecule has 0 radical (unpaired) electrons. The van der Waals surface area contributed by atoms with E-state index in [0.717, 1.165) is 0 Å². The summed E-state index contributed by atoms with van der Waals surface area (Å²) in [6, 6.07) is 7.76. The van der Waals surface area contributed by atoms with Crippen LogP contribution in [0.25, 0.3) is 10.9 Å². The minimum absolute atomic E-state index is 0.101. The molecule has 1 atom stereocenters. The van der Waals surface area contributed by atoms with Crippen LogP contribution in [0.3, 0.4) is 0 Å². The number of thioether (sulfide) groups is 1. The molecule has 0 saturated carbocycles. The Hall–Kier alpha value is -3.04. The minimum atomic E-state index is -0.647. The monoisotopic (exact) mass is 443 g/mol. The van der Waals surface area contributed by atoms with E-state index in [2.05, 4.69) is 10.3 Å². The molecule has 3 heterocycles. The summed E-state index contributed by atoms with van der Waals surface area (Å²) in [5.74, 6) is 0.553. The van der Waals surface area contributed by atoms with Gasteiger partial charge in [0.1, 0.15) is 5.37 Å². The van der Waals surface area contributed by atoms with Crippen LogP contribution >= 0.6 is 23.4 Å². The third-order valence-electron chi connectivity index (χ3n) is 4.76. The Kier molecular flexibility index (Phi) is 5.65. The number of hydrogen-bond donors (Lipinski definition) is 2. The maximum absolute atomic E-state index is 12.9. The van der Waals surface area contributed by atoms with Gasteiger partial charge in [-0.25, -0.2) is 9.59 Å². The van der Waals surface area contributed by atoms with Gasteiger partial charge in [0.15, 0.2) is 5.78 Å². The van der Waals surface area contributed by atoms with Gasteiger partial charge in [0.25, 0.3) is 0 Å². The molecule has 0 aliphatic carbocycles. The number of nitrogens with one attached hydrogen (secondary N) is 1. The molecule has 0 spiro atoms. The van der Waals surface area contributed by atoms with Crippen molar-refractivity contribution in [2.75, 3.05) is 17.6 Å². The SMILES string of the molecule is NC(=O)n1cc(NC(=O)N2CCS[C@H]2C(=O)Cc2cncc(Cl)c2)c2ccccc21. The number of Topliss-reactive ketones (excluding diaryl/α,β-unsaturated/α-hetero) is 1. The van der Waals surface area contributed by atoms with Crippen molar-refractivity contribution in [3.63, 3.8) is 0 Å². The van der Waals surface area contributed by atoms with Crippen molar-refractivity contribution in [3.05, 3.63) is 59.5 Å². The van der Waals surface area contributed by atoms with E-state index < -0.39 is 17.4 Å². The molecular weight excluding hydrogens is 426 g/mol. The van der Waals surface area contributed by atoms with Crippen LogP contribution in [0.5, 0.6) is 0 Å². The van der Waals surface area contributed by atoms with Crippen LogP contribution in [0.1, 0.15) is 5.56 Å². The van der Waals surface area contributed by atoms with Crippen molar-refractivity contribution in [3.8, 4) is 0 Å². The Bertz CT molecular complexity index is 1150. The lowest BCUT2D eigenvalue weighted by molar-refractivity contribution is -0.119. The van der Waals surface area contributed by atoms with Gasteiger partial charge in [-0.05, 0) is 17.7 Å². The fourth-order valence-electron chi connectivity index (χ4n) is 3.43. The molecular formula is C20H18ClN5O3S. The highest BCUT2D eigenvalue weighted by Crippen LogP contribution is 2.29. The first-order chi connectivity index (χ1) is 14.4. The lowest BCUT2D eigenvalue weighted by atomic mass is 10.1. The molecule has 10 heteroatoms. The van der Waals surface area contributed by atoms with Gasteiger partial charge >= 0.3 is 12.1 Å². The fraction of sp³-hybridized carbons (Fsp3) is 0.200. The van der Waals surface area contributed by atoms with Crippen molar-refractivity contribution in [2.45, 2.75) is 11.8 Å². The minimum Gasteiger partial charge on any atom is -0.351 e. The van der Waals surface area contributed by atoms with Crippen LogP contribution in [0, 0.1) is 0 Å². The molecule has 1 aromatic carbocycles. The van der Waals surface area contributed by atoms with E-state index in [1.54, 1.807) is 36.5 Å². The number of nitrogens with zero attached hydrogens (tertiary/aromatic N) is 3. The van der Waals surface area contributed by atoms with Gasteiger partial charge in [-0.1, -0.05) is 29.8 Å². The van der Waals surface area contributed by atoms with Crippen molar-refractivity contribution in [1.29, 1.82) is 0 Å². The number of carbonyl (C=O) groups is 3. The molecule has 30 heavy (non-hydrogen) atoms. The number of carbonyl (C=O) groups excluding carboxylic acids is 3. The van der Waals surface area contributed by atoms with Gasteiger partial charge in [-0.3, -0.25) is 14.3 Å². The van der Waals surface area contributed by atoms with E-state index in [1.165, 1.54) is 33.6 Å². The summed E-state index contributed by atoms with van der Waals surface area (Å²) in [5.41, 5.74) is 7.18. The molecule has 3 N–H and O–H groups in total. The summed E-state index contributed by atoms with van der Waals surface area (Å²) in [6.07, 6.45) is 4.72. The number of urea groups is 1. The molecule has 0 bridgehead atoms. The van der Waals surface area contributed by atoms with E-state index in [-0.39, 0.29) is 12.2 Å². The molecule has 4 rings (SSSR count). The average molecular weight is 444 g/mol. The van der Waals surface area contributed by atoms with Crippen LogP contribution in [-0.2, 0) is 11.2 Å². The number of amides is 3. The average Bonchev–Trinajstić information content (AvgIpc) is 3.34. The summed E-state index contributed by atoms with van der Waals surface area (Å²) in [4.78, 5) is 43.0. The molecule has 154 valence electrons. The molecule has 1 aliphatic heterocycles. The molecule has 3 amide bonds. The van der Waals surface area contributed by atoms with E-state index in [0.29, 0.717) is 39.5 Å². The number of aromatic nitrogens is 2. The first-order valence-electron chi connectivity index (χ1n) is 9.15. The highest BCUT2D eigenvalue weighted by Gasteiger charge is 2.35. The van der Waals surface area contributed by atoms with Crippen molar-refractivity contribution >= 4 is 57.8 Å². The fourth-order valence-corrected chi connectivity index (χ4v) is 4.81. The van der Waals surface area contributed by atoms with Gasteiger partial charge in [0.05, 0.1) is 16.2 Å². The number of para-hydroxylation sites is 1. The Balaban J connectivity index is 1.52. The number of primary amides is 1. The maximum atomic E-state index is 12.9. The second kappa shape index (κ2) is 8.37. The third-order valence-corrected chi connectivity index (χ3v) is 6.22. The molecule has 2 aromatic heterocycles. The number of pyridine rings is 1. The Labute approximate surface area is 181 Å². The molecule has 0 unspecified atom stereocenters. The zero-order valence-electron chi connectivity index (χ0n) is 15.7. The zero-order chi connectivity index (χ0) is 21.3. The highest BCUT2D eigenvalue weighted by atomic mass is 35.5. The summed E-state index contributed by atoms with van der Waals surface area (Å²) in [5, 5.41) is 3.36. The number of hydrogen-bond acceptors (Lipinski definition) is 5. The van der Waals surface area contributed by atoms with Crippen LogP contribution in [0.15, 0.2) is 48.9 Å². The van der Waals surface area contributed by atoms with Gasteiger partial charge in [-0.15, -0.1) is 11.8 Å². The van der Waals surface area contributed by atoms with Crippen molar-refractivity contribution < 1.29 is 14.4 Å². The van der Waals surface area contributed by atoms with Crippen LogP contribution in [-0.4, -0.2) is 50.0 Å². The normalized spacial score (nSPS) is 16.0. The predicted octanol–water partition coefficient (Wildman–Crippen LogP) is 3.34. The summed E-state index contributed by atoms with van der Waals surface area (Å²) >= 11 is 7.36. The topological polar surface area (TPSA) is 110 Å². The number of halogens is 1. The van der Waals surface area contributed by atoms with Crippen LogP contribution in [0.2, 0.25) is 5.02 Å². The lowest BCUT2D eigenvalue weighted by Crippen LogP contribution is -2.42. The smallest absolute Gasteiger partial charge is 0.323 e. The number of fused-ring (bicyclic) bond motifs is 1. The first-order valence-corrected chi connectivity index (χ1v) is 10.6. The number of ketones is 1. The predicted molar refractivity (Wildman–Crippen MR) is 117 cm³/mol. The maximum Gasteiger partial charge on any atom is 0.323 e. The zero-order valence-corrected chi connectivity index (χ0v) is 17.3. The lowest BCUT2D eigenvalue weighted by Gasteiger charge is -2.23. The second-order valence-electron chi connectivity index (χ2n) is 6.77.